The Morgan fingerprint density at radius 2 is 2.00 bits per heavy atom. The molecule has 4 rings (SSSR count). The number of allylic oxidation sites excluding steroid dienone is 4. The van der Waals surface area contributed by atoms with Crippen LogP contribution in [0.15, 0.2) is 65.7 Å². The molecule has 0 saturated carbocycles. The van der Waals surface area contributed by atoms with Crippen LogP contribution in [0.3, 0.4) is 0 Å². The van der Waals surface area contributed by atoms with Gasteiger partial charge in [0, 0.05) is 42.8 Å². The average Bonchev–Trinajstić information content (AvgIpc) is 3.08. The van der Waals surface area contributed by atoms with Crippen molar-refractivity contribution in [3.05, 3.63) is 71.3 Å². The Morgan fingerprint density at radius 1 is 1.23 bits per heavy atom. The molecule has 2 amide bonds. The Bertz CT molecular complexity index is 1300. The summed E-state index contributed by atoms with van der Waals surface area (Å²) in [5, 5.41) is 9.16. The Hall–Kier alpha value is -3.36. The zero-order valence-corrected chi connectivity index (χ0v) is 24.2. The molecule has 1 saturated heterocycles. The van der Waals surface area contributed by atoms with Gasteiger partial charge in [-0.2, -0.15) is 0 Å². The highest BCUT2D eigenvalue weighted by molar-refractivity contribution is 6.31. The Labute approximate surface area is 241 Å². The molecule has 8 nitrogen and oxygen atoms in total. The first-order valence-corrected chi connectivity index (χ1v) is 14.5. The first-order valence-electron chi connectivity index (χ1n) is 14.1. The average molecular weight is 565 g/mol. The summed E-state index contributed by atoms with van der Waals surface area (Å²) in [6.07, 6.45) is 11.8. The van der Waals surface area contributed by atoms with E-state index in [2.05, 4.69) is 53.8 Å². The molecule has 0 bridgehead atoms. The van der Waals surface area contributed by atoms with Crippen molar-refractivity contribution < 1.29 is 9.59 Å². The molecular formula is C31H41ClN6O2. The number of fused-ring (bicyclic) bond motifs is 1. The number of rotatable bonds is 10. The third kappa shape index (κ3) is 7.43. The summed E-state index contributed by atoms with van der Waals surface area (Å²) in [5.41, 5.74) is 11.7. The predicted molar refractivity (Wildman–Crippen MR) is 163 cm³/mol. The number of aliphatic imine (C=N–C) groups is 1. The van der Waals surface area contributed by atoms with E-state index in [1.54, 1.807) is 6.07 Å². The number of hydrogen-bond donors (Lipinski definition) is 4. The largest absolute Gasteiger partial charge is 0.370 e. The Kier molecular flexibility index (Phi) is 9.87. The summed E-state index contributed by atoms with van der Waals surface area (Å²) in [7, 11) is 0. The summed E-state index contributed by atoms with van der Waals surface area (Å²) in [6.45, 7) is 6.52. The lowest BCUT2D eigenvalue weighted by molar-refractivity contribution is -0.133. The van der Waals surface area contributed by atoms with Gasteiger partial charge in [0.05, 0.1) is 6.04 Å². The minimum atomic E-state index is -0.440. The molecule has 2 aliphatic rings. The fourth-order valence-electron chi connectivity index (χ4n) is 5.75. The summed E-state index contributed by atoms with van der Waals surface area (Å²) < 4.78 is 0. The van der Waals surface area contributed by atoms with Crippen molar-refractivity contribution in [2.75, 3.05) is 26.2 Å². The van der Waals surface area contributed by atoms with Crippen LogP contribution in [0.1, 0.15) is 49.9 Å². The summed E-state index contributed by atoms with van der Waals surface area (Å²) in [5.74, 6) is 0.245. The number of amides is 2. The van der Waals surface area contributed by atoms with Gasteiger partial charge in [-0.3, -0.25) is 14.6 Å². The van der Waals surface area contributed by atoms with Crippen LogP contribution in [0.4, 0.5) is 0 Å². The highest BCUT2D eigenvalue weighted by atomic mass is 35.5. The van der Waals surface area contributed by atoms with E-state index in [9.17, 15) is 9.59 Å². The van der Waals surface area contributed by atoms with Crippen molar-refractivity contribution in [1.82, 2.24) is 15.5 Å². The first-order chi connectivity index (χ1) is 19.2. The number of nitrogens with two attached hydrogens (primary N) is 2. The maximum absolute atomic E-state index is 13.7. The second-order valence-corrected chi connectivity index (χ2v) is 11.5. The molecule has 4 atom stereocenters. The molecule has 1 aliphatic heterocycles. The number of benzene rings is 2. The van der Waals surface area contributed by atoms with Crippen molar-refractivity contribution in [2.45, 2.75) is 51.6 Å². The number of carbonyl (C=O) groups is 2. The van der Waals surface area contributed by atoms with Crippen LogP contribution in [0.2, 0.25) is 5.02 Å². The number of halogens is 1. The molecule has 1 fully saturated rings. The quantitative estimate of drug-likeness (QED) is 0.256. The minimum absolute atomic E-state index is 0.00973. The lowest BCUT2D eigenvalue weighted by Gasteiger charge is -2.39. The van der Waals surface area contributed by atoms with Gasteiger partial charge in [0.15, 0.2) is 5.96 Å². The van der Waals surface area contributed by atoms with Gasteiger partial charge < -0.3 is 27.0 Å². The highest BCUT2D eigenvalue weighted by Gasteiger charge is 2.36. The SMILES string of the molecule is CC[C@H](CN1CC[C@@H](CNC(=O)c2ccc3cc(Cl)ccc3c2)N[C@@H](CCN=C(N)N)C1=O)C1(C)C=CC=CC1. The highest BCUT2D eigenvalue weighted by Crippen LogP contribution is 2.38. The molecule has 0 spiro atoms. The topological polar surface area (TPSA) is 126 Å². The molecule has 1 aliphatic carbocycles. The van der Waals surface area contributed by atoms with Gasteiger partial charge in [-0.15, -0.1) is 0 Å². The molecule has 2 aromatic rings. The maximum Gasteiger partial charge on any atom is 0.251 e. The molecule has 1 heterocycles. The monoisotopic (exact) mass is 564 g/mol. The van der Waals surface area contributed by atoms with E-state index in [0.29, 0.717) is 49.1 Å². The fraction of sp³-hybridized carbons (Fsp3) is 0.452. The summed E-state index contributed by atoms with van der Waals surface area (Å²) in [4.78, 5) is 32.9. The van der Waals surface area contributed by atoms with Crippen molar-refractivity contribution in [3.63, 3.8) is 0 Å². The number of nitrogens with zero attached hydrogens (tertiary/aromatic N) is 2. The molecule has 9 heteroatoms. The van der Waals surface area contributed by atoms with Crippen molar-refractivity contribution >= 4 is 40.1 Å². The third-order valence-corrected chi connectivity index (χ3v) is 8.46. The summed E-state index contributed by atoms with van der Waals surface area (Å²) >= 11 is 6.09. The van der Waals surface area contributed by atoms with E-state index in [0.717, 1.165) is 30.0 Å². The van der Waals surface area contributed by atoms with Crippen LogP contribution in [0.25, 0.3) is 10.8 Å². The van der Waals surface area contributed by atoms with Crippen molar-refractivity contribution in [2.24, 2.45) is 27.8 Å². The lowest BCUT2D eigenvalue weighted by atomic mass is 9.71. The second kappa shape index (κ2) is 13.3. The maximum atomic E-state index is 13.7. The zero-order chi connectivity index (χ0) is 28.7. The van der Waals surface area contributed by atoms with Gasteiger partial charge >= 0.3 is 0 Å². The Balaban J connectivity index is 1.44. The van der Waals surface area contributed by atoms with Crippen LogP contribution in [0, 0.1) is 11.3 Å². The van der Waals surface area contributed by atoms with Crippen LogP contribution in [-0.2, 0) is 4.79 Å². The molecule has 1 unspecified atom stereocenters. The predicted octanol–water partition coefficient (Wildman–Crippen LogP) is 3.99. The van der Waals surface area contributed by atoms with Crippen LogP contribution in [0.5, 0.6) is 0 Å². The van der Waals surface area contributed by atoms with Crippen LogP contribution >= 0.6 is 11.6 Å². The summed E-state index contributed by atoms with van der Waals surface area (Å²) in [6, 6.07) is 10.7. The van der Waals surface area contributed by atoms with Gasteiger partial charge in [0.2, 0.25) is 5.91 Å². The number of hydrogen-bond acceptors (Lipinski definition) is 4. The van der Waals surface area contributed by atoms with Gasteiger partial charge in [-0.1, -0.05) is 68.3 Å². The smallest absolute Gasteiger partial charge is 0.251 e. The standard InChI is InChI=1S/C31H41ClN6O2/c1-3-24(31(2)13-5-4-6-14-31)20-38-16-12-26(37-27(29(38)40)11-15-35-30(33)34)19-36-28(39)23-8-7-22-18-25(32)10-9-21(22)17-23/h4-10,13,17-18,24,26-27,37H,3,11-12,14-16,19-20H2,1-2H3,(H,36,39)(H4,33,34,35)/t24-,26+,27+,31?/m1/s1. The second-order valence-electron chi connectivity index (χ2n) is 11.1. The number of carbonyl (C=O) groups excluding carboxylic acids is 2. The lowest BCUT2D eigenvalue weighted by Crippen LogP contribution is -2.50. The zero-order valence-electron chi connectivity index (χ0n) is 23.4. The minimum Gasteiger partial charge on any atom is -0.370 e. The van der Waals surface area contributed by atoms with E-state index in [1.165, 1.54) is 0 Å². The van der Waals surface area contributed by atoms with Crippen molar-refractivity contribution in [1.29, 1.82) is 0 Å². The van der Waals surface area contributed by atoms with E-state index in [1.807, 2.05) is 35.2 Å². The van der Waals surface area contributed by atoms with Crippen molar-refractivity contribution in [3.8, 4) is 0 Å². The van der Waals surface area contributed by atoms with E-state index in [-0.39, 0.29) is 29.2 Å². The fourth-order valence-corrected chi connectivity index (χ4v) is 5.93. The Morgan fingerprint density at radius 3 is 2.73 bits per heavy atom. The molecule has 40 heavy (non-hydrogen) atoms. The molecule has 0 radical (unpaired) electrons. The molecule has 214 valence electrons. The number of guanidine groups is 1. The van der Waals surface area contributed by atoms with E-state index < -0.39 is 6.04 Å². The third-order valence-electron chi connectivity index (χ3n) is 8.23. The molecule has 0 aromatic heterocycles. The number of nitrogens with one attached hydrogen (secondary N) is 2. The van der Waals surface area contributed by atoms with Gasteiger partial charge in [-0.05, 0) is 65.6 Å². The van der Waals surface area contributed by atoms with E-state index >= 15 is 0 Å². The van der Waals surface area contributed by atoms with Gasteiger partial charge in [-0.25, -0.2) is 0 Å². The van der Waals surface area contributed by atoms with Gasteiger partial charge in [0.1, 0.15) is 0 Å². The van der Waals surface area contributed by atoms with Crippen LogP contribution < -0.4 is 22.1 Å². The molecule has 6 N–H and O–H groups in total. The van der Waals surface area contributed by atoms with E-state index in [4.69, 9.17) is 23.1 Å². The van der Waals surface area contributed by atoms with Gasteiger partial charge in [0.25, 0.3) is 5.91 Å². The first kappa shape index (κ1) is 29.6. The van der Waals surface area contributed by atoms with Crippen LogP contribution in [-0.4, -0.2) is 60.9 Å². The molecule has 2 aromatic carbocycles. The molecular weight excluding hydrogens is 524 g/mol. The normalized spacial score (nSPS) is 23.6.